The Hall–Kier alpha value is -3.15. The van der Waals surface area contributed by atoms with Gasteiger partial charge in [-0.2, -0.15) is 0 Å². The summed E-state index contributed by atoms with van der Waals surface area (Å²) in [6.45, 7) is 0. The number of para-hydroxylation sites is 1. The Labute approximate surface area is 185 Å². The molecule has 1 N–H and O–H groups in total. The van der Waals surface area contributed by atoms with Crippen LogP contribution in [0.2, 0.25) is 5.02 Å². The van der Waals surface area contributed by atoms with Gasteiger partial charge >= 0.3 is 0 Å². The summed E-state index contributed by atoms with van der Waals surface area (Å²) < 4.78 is 6.33. The first-order valence-electron chi connectivity index (χ1n) is 9.62. The van der Waals surface area contributed by atoms with Crippen LogP contribution in [0.3, 0.4) is 0 Å². The Morgan fingerprint density at radius 2 is 1.67 bits per heavy atom. The smallest absolute Gasteiger partial charge is 0.174 e. The number of furan rings is 1. The van der Waals surface area contributed by atoms with Gasteiger partial charge in [0, 0.05) is 22.5 Å². The maximum atomic E-state index is 6.33. The number of aromatic nitrogens is 1. The van der Waals surface area contributed by atoms with Gasteiger partial charge in [-0.25, -0.2) is 0 Å². The first-order valence-corrected chi connectivity index (χ1v) is 10.4. The topological polar surface area (TPSA) is 41.3 Å². The van der Waals surface area contributed by atoms with Crippen LogP contribution in [0.5, 0.6) is 0 Å². The molecule has 5 rings (SSSR count). The summed E-state index contributed by atoms with van der Waals surface area (Å²) >= 11 is 11.8. The molecule has 3 heterocycles. The van der Waals surface area contributed by atoms with Gasteiger partial charge in [0.05, 0.1) is 11.7 Å². The maximum absolute atomic E-state index is 6.33. The van der Waals surface area contributed by atoms with Crippen LogP contribution >= 0.6 is 23.8 Å². The third-order valence-electron chi connectivity index (χ3n) is 5.18. The van der Waals surface area contributed by atoms with E-state index in [1.165, 1.54) is 0 Å². The lowest BCUT2D eigenvalue weighted by atomic mass is 10.0. The van der Waals surface area contributed by atoms with E-state index in [0.717, 1.165) is 28.5 Å². The molecule has 1 fully saturated rings. The fraction of sp³-hybridized carbons (Fsp3) is 0.0833. The summed E-state index contributed by atoms with van der Waals surface area (Å²) in [5.41, 5.74) is 2.88. The number of rotatable bonds is 4. The van der Waals surface area contributed by atoms with Gasteiger partial charge in [-0.1, -0.05) is 35.9 Å². The Bertz CT molecular complexity index is 1160. The molecule has 0 unspecified atom stereocenters. The summed E-state index contributed by atoms with van der Waals surface area (Å²) in [6.07, 6.45) is 1.80. The number of benzene rings is 2. The summed E-state index contributed by atoms with van der Waals surface area (Å²) in [5.74, 6) is 1.60. The number of anilines is 1. The molecule has 2 aromatic carbocycles. The Kier molecular flexibility index (Phi) is 4.99. The molecule has 2 atom stereocenters. The third-order valence-corrected chi connectivity index (χ3v) is 5.75. The Balaban J connectivity index is 1.59. The number of nitrogens with zero attached hydrogens (tertiary/aromatic N) is 2. The minimum absolute atomic E-state index is 0.136. The lowest BCUT2D eigenvalue weighted by molar-refractivity contribution is 0.439. The van der Waals surface area contributed by atoms with Crippen molar-refractivity contribution in [1.82, 2.24) is 10.3 Å². The molecule has 4 nitrogen and oxygen atoms in total. The van der Waals surface area contributed by atoms with Crippen LogP contribution in [-0.4, -0.2) is 10.1 Å². The van der Waals surface area contributed by atoms with Crippen LogP contribution < -0.4 is 10.2 Å². The minimum atomic E-state index is -0.171. The molecule has 0 amide bonds. The van der Waals surface area contributed by atoms with E-state index in [1.54, 1.807) is 6.20 Å². The van der Waals surface area contributed by atoms with Crippen molar-refractivity contribution in [3.05, 3.63) is 108 Å². The molecular formula is C24H18ClN3OS. The molecule has 1 aliphatic heterocycles. The van der Waals surface area contributed by atoms with Crippen molar-refractivity contribution < 1.29 is 4.42 Å². The minimum Gasteiger partial charge on any atom is -0.459 e. The quantitative estimate of drug-likeness (QED) is 0.391. The molecule has 1 saturated heterocycles. The number of pyridine rings is 1. The van der Waals surface area contributed by atoms with Gasteiger partial charge in [0.2, 0.25) is 0 Å². The molecule has 0 aliphatic carbocycles. The average molecular weight is 432 g/mol. The van der Waals surface area contributed by atoms with Gasteiger partial charge in [-0.15, -0.1) is 0 Å². The number of hydrogen-bond acceptors (Lipinski definition) is 3. The number of thiocarbonyl (C=S) groups is 1. The van der Waals surface area contributed by atoms with E-state index in [4.69, 9.17) is 28.2 Å². The summed E-state index contributed by atoms with van der Waals surface area (Å²) in [5, 5.41) is 4.78. The number of hydrogen-bond donors (Lipinski definition) is 1. The largest absolute Gasteiger partial charge is 0.459 e. The second-order valence-corrected chi connectivity index (χ2v) is 7.86. The average Bonchev–Trinajstić information content (AvgIpc) is 3.40. The Morgan fingerprint density at radius 3 is 2.40 bits per heavy atom. The van der Waals surface area contributed by atoms with E-state index in [0.29, 0.717) is 10.1 Å². The van der Waals surface area contributed by atoms with Crippen LogP contribution in [0.25, 0.3) is 11.3 Å². The van der Waals surface area contributed by atoms with Crippen molar-refractivity contribution in [2.75, 3.05) is 4.90 Å². The number of nitrogens with one attached hydrogen (secondary N) is 1. The van der Waals surface area contributed by atoms with Gasteiger partial charge in [-0.05, 0) is 72.9 Å². The highest BCUT2D eigenvalue weighted by Crippen LogP contribution is 2.42. The maximum Gasteiger partial charge on any atom is 0.174 e. The van der Waals surface area contributed by atoms with Crippen molar-refractivity contribution >= 4 is 34.6 Å². The molecule has 148 valence electrons. The first-order chi connectivity index (χ1) is 14.7. The molecule has 0 spiro atoms. The van der Waals surface area contributed by atoms with Crippen LogP contribution in [0.15, 0.2) is 95.5 Å². The summed E-state index contributed by atoms with van der Waals surface area (Å²) in [6, 6.07) is 27.3. The molecule has 30 heavy (non-hydrogen) atoms. The predicted octanol–water partition coefficient (Wildman–Crippen LogP) is 6.17. The molecule has 0 radical (unpaired) electrons. The van der Waals surface area contributed by atoms with E-state index in [1.807, 2.05) is 84.9 Å². The van der Waals surface area contributed by atoms with Crippen molar-refractivity contribution in [2.45, 2.75) is 12.1 Å². The van der Waals surface area contributed by atoms with E-state index in [2.05, 4.69) is 15.2 Å². The van der Waals surface area contributed by atoms with Gasteiger partial charge in [-0.3, -0.25) is 4.98 Å². The lowest BCUT2D eigenvalue weighted by Gasteiger charge is -2.26. The highest BCUT2D eigenvalue weighted by molar-refractivity contribution is 7.80. The normalized spacial score (nSPS) is 18.4. The van der Waals surface area contributed by atoms with Crippen LogP contribution in [0.1, 0.15) is 23.5 Å². The van der Waals surface area contributed by atoms with Crippen LogP contribution in [0, 0.1) is 0 Å². The van der Waals surface area contributed by atoms with E-state index >= 15 is 0 Å². The predicted molar refractivity (Wildman–Crippen MR) is 124 cm³/mol. The highest BCUT2D eigenvalue weighted by atomic mass is 35.5. The van der Waals surface area contributed by atoms with Crippen molar-refractivity contribution in [2.24, 2.45) is 0 Å². The molecule has 0 saturated carbocycles. The van der Waals surface area contributed by atoms with Crippen LogP contribution in [-0.2, 0) is 0 Å². The van der Waals surface area contributed by atoms with E-state index < -0.39 is 0 Å². The molecule has 6 heteroatoms. The fourth-order valence-corrected chi connectivity index (χ4v) is 4.26. The van der Waals surface area contributed by atoms with E-state index in [-0.39, 0.29) is 12.1 Å². The van der Waals surface area contributed by atoms with Gasteiger partial charge < -0.3 is 14.6 Å². The van der Waals surface area contributed by atoms with Crippen molar-refractivity contribution in [3.8, 4) is 11.3 Å². The van der Waals surface area contributed by atoms with Crippen LogP contribution in [0.4, 0.5) is 5.69 Å². The third kappa shape index (κ3) is 3.47. The summed E-state index contributed by atoms with van der Waals surface area (Å²) in [4.78, 5) is 6.66. The first kappa shape index (κ1) is 18.9. The van der Waals surface area contributed by atoms with Crippen molar-refractivity contribution in [3.63, 3.8) is 0 Å². The standard InChI is InChI=1S/C24H18ClN3OS/c25-17-11-9-16(10-12-17)20-13-14-21(29-20)23-22(19-8-4-5-15-26-19)27-24(30)28(23)18-6-2-1-3-7-18/h1-15,22-23H,(H,27,30)/t22-,23-/m1/s1. The number of halogens is 1. The van der Waals surface area contributed by atoms with Gasteiger partial charge in [0.25, 0.3) is 0 Å². The van der Waals surface area contributed by atoms with Gasteiger partial charge in [0.15, 0.2) is 5.11 Å². The molecule has 1 aliphatic rings. The monoisotopic (exact) mass is 431 g/mol. The molecule has 0 bridgehead atoms. The zero-order chi connectivity index (χ0) is 20.5. The molecule has 4 aromatic rings. The second-order valence-electron chi connectivity index (χ2n) is 7.04. The molecular weight excluding hydrogens is 414 g/mol. The SMILES string of the molecule is S=C1N[C@H](c2ccccn2)[C@@H](c2ccc(-c3ccc(Cl)cc3)o2)N1c1ccccc1. The Morgan fingerprint density at radius 1 is 0.900 bits per heavy atom. The lowest BCUT2D eigenvalue weighted by Crippen LogP contribution is -2.29. The highest BCUT2D eigenvalue weighted by Gasteiger charge is 2.42. The van der Waals surface area contributed by atoms with E-state index in [9.17, 15) is 0 Å². The zero-order valence-corrected chi connectivity index (χ0v) is 17.5. The summed E-state index contributed by atoms with van der Waals surface area (Å²) in [7, 11) is 0. The zero-order valence-electron chi connectivity index (χ0n) is 15.9. The van der Waals surface area contributed by atoms with Crippen molar-refractivity contribution in [1.29, 1.82) is 0 Å². The second kappa shape index (κ2) is 7.94. The molecule has 2 aromatic heterocycles. The van der Waals surface area contributed by atoms with Gasteiger partial charge in [0.1, 0.15) is 17.6 Å². The fourth-order valence-electron chi connectivity index (χ4n) is 3.79.